The molecule has 0 spiro atoms. The van der Waals surface area contributed by atoms with Crippen LogP contribution in [-0.4, -0.2) is 22.1 Å². The first kappa shape index (κ1) is 14.4. The van der Waals surface area contributed by atoms with E-state index in [-0.39, 0.29) is 11.3 Å². The highest BCUT2D eigenvalue weighted by molar-refractivity contribution is 9.10. The van der Waals surface area contributed by atoms with Crippen molar-refractivity contribution >= 4 is 21.6 Å². The Hall–Kier alpha value is -1.99. The van der Waals surface area contributed by atoms with E-state index in [1.807, 2.05) is 0 Å². The van der Waals surface area contributed by atoms with E-state index in [2.05, 4.69) is 20.9 Å². The number of para-hydroxylation sites is 1. The Labute approximate surface area is 123 Å². The zero-order chi connectivity index (χ0) is 14.7. The molecule has 1 aromatic heterocycles. The number of pyridine rings is 1. The number of ether oxygens (including phenoxy) is 1. The van der Waals surface area contributed by atoms with Crippen LogP contribution in [0.4, 0.5) is 5.69 Å². The van der Waals surface area contributed by atoms with Gasteiger partial charge in [-0.3, -0.25) is 10.1 Å². The second-order valence-corrected chi connectivity index (χ2v) is 4.82. The molecule has 0 radical (unpaired) electrons. The molecule has 0 saturated carbocycles. The van der Waals surface area contributed by atoms with E-state index >= 15 is 0 Å². The molecule has 2 rings (SSSR count). The summed E-state index contributed by atoms with van der Waals surface area (Å²) in [4.78, 5) is 14.5. The van der Waals surface area contributed by atoms with Crippen LogP contribution in [0.1, 0.15) is 17.2 Å². The van der Waals surface area contributed by atoms with Gasteiger partial charge in [-0.05, 0) is 22.0 Å². The molecule has 7 heteroatoms. The Morgan fingerprint density at radius 1 is 1.40 bits per heavy atom. The molecular formula is C13H11BrN2O4. The van der Waals surface area contributed by atoms with Crippen molar-refractivity contribution in [1.29, 1.82) is 0 Å². The van der Waals surface area contributed by atoms with E-state index in [1.165, 1.54) is 31.5 Å². The fourth-order valence-corrected chi connectivity index (χ4v) is 2.24. The molecule has 1 unspecified atom stereocenters. The third kappa shape index (κ3) is 2.78. The molecule has 1 atom stereocenters. The minimum atomic E-state index is -1.15. The van der Waals surface area contributed by atoms with Gasteiger partial charge in [0.2, 0.25) is 5.88 Å². The number of nitrogens with zero attached hydrogens (tertiary/aromatic N) is 2. The number of halogens is 1. The van der Waals surface area contributed by atoms with Gasteiger partial charge in [-0.2, -0.15) is 0 Å². The summed E-state index contributed by atoms with van der Waals surface area (Å²) in [5.41, 5.74) is 0.528. The molecule has 0 aliphatic carbocycles. The number of methoxy groups -OCH3 is 1. The van der Waals surface area contributed by atoms with Gasteiger partial charge in [0.25, 0.3) is 5.69 Å². The van der Waals surface area contributed by atoms with Gasteiger partial charge in [0.15, 0.2) is 0 Å². The van der Waals surface area contributed by atoms with Crippen LogP contribution in [0.3, 0.4) is 0 Å². The molecule has 1 heterocycles. The van der Waals surface area contributed by atoms with Gasteiger partial charge in [0.05, 0.1) is 17.6 Å². The molecule has 0 bridgehead atoms. The highest BCUT2D eigenvalue weighted by atomic mass is 79.9. The molecular weight excluding hydrogens is 328 g/mol. The molecule has 6 nitrogen and oxygen atoms in total. The van der Waals surface area contributed by atoms with Crippen LogP contribution in [0.2, 0.25) is 0 Å². The topological polar surface area (TPSA) is 85.5 Å². The molecule has 0 saturated heterocycles. The van der Waals surface area contributed by atoms with Gasteiger partial charge in [-0.1, -0.05) is 12.1 Å². The van der Waals surface area contributed by atoms with Crippen LogP contribution in [0.5, 0.6) is 5.88 Å². The lowest BCUT2D eigenvalue weighted by Gasteiger charge is -2.14. The minimum absolute atomic E-state index is 0.136. The number of benzene rings is 1. The minimum Gasteiger partial charge on any atom is -0.481 e. The Morgan fingerprint density at radius 3 is 2.75 bits per heavy atom. The number of hydrogen-bond donors (Lipinski definition) is 1. The second-order valence-electron chi connectivity index (χ2n) is 3.97. The van der Waals surface area contributed by atoms with Gasteiger partial charge < -0.3 is 9.84 Å². The summed E-state index contributed by atoms with van der Waals surface area (Å²) in [5.74, 6) is 0.320. The Bertz CT molecular complexity index is 648. The summed E-state index contributed by atoms with van der Waals surface area (Å²) in [5, 5.41) is 21.4. The van der Waals surface area contributed by atoms with E-state index in [0.717, 1.165) is 0 Å². The van der Waals surface area contributed by atoms with Crippen molar-refractivity contribution in [2.75, 3.05) is 7.11 Å². The molecule has 1 N–H and O–H groups in total. The van der Waals surface area contributed by atoms with E-state index in [4.69, 9.17) is 4.74 Å². The molecule has 0 aliphatic rings. The quantitative estimate of drug-likeness (QED) is 0.684. The van der Waals surface area contributed by atoms with Crippen molar-refractivity contribution in [1.82, 2.24) is 4.98 Å². The summed E-state index contributed by atoms with van der Waals surface area (Å²) >= 11 is 3.27. The van der Waals surface area contributed by atoms with E-state index < -0.39 is 11.0 Å². The molecule has 2 aromatic rings. The molecule has 104 valence electrons. The first-order valence-corrected chi connectivity index (χ1v) is 6.44. The number of rotatable bonds is 4. The van der Waals surface area contributed by atoms with Gasteiger partial charge in [0, 0.05) is 28.4 Å². The summed E-state index contributed by atoms with van der Waals surface area (Å²) in [7, 11) is 1.46. The maximum Gasteiger partial charge on any atom is 0.275 e. The average molecular weight is 339 g/mol. The molecule has 0 fully saturated rings. The maximum atomic E-state index is 11.0. The van der Waals surface area contributed by atoms with E-state index in [0.29, 0.717) is 15.9 Å². The van der Waals surface area contributed by atoms with Crippen LogP contribution >= 0.6 is 15.9 Å². The number of aromatic nitrogens is 1. The third-order valence-electron chi connectivity index (χ3n) is 2.79. The van der Waals surface area contributed by atoms with Gasteiger partial charge in [-0.15, -0.1) is 0 Å². The van der Waals surface area contributed by atoms with Gasteiger partial charge in [-0.25, -0.2) is 4.98 Å². The maximum absolute atomic E-state index is 11.0. The number of hydrogen-bond acceptors (Lipinski definition) is 5. The lowest BCUT2D eigenvalue weighted by molar-refractivity contribution is -0.386. The number of aliphatic hydroxyl groups is 1. The zero-order valence-corrected chi connectivity index (χ0v) is 12.1. The molecule has 0 amide bonds. The monoisotopic (exact) mass is 338 g/mol. The Morgan fingerprint density at radius 2 is 2.10 bits per heavy atom. The summed E-state index contributed by atoms with van der Waals surface area (Å²) in [6, 6.07) is 7.59. The molecule has 1 aromatic carbocycles. The van der Waals surface area contributed by atoms with Gasteiger partial charge >= 0.3 is 0 Å². The predicted octanol–water partition coefficient (Wildman–Crippen LogP) is 2.84. The molecule has 0 aliphatic heterocycles. The lowest BCUT2D eigenvalue weighted by Crippen LogP contribution is -2.05. The molecule has 20 heavy (non-hydrogen) atoms. The van der Waals surface area contributed by atoms with Crippen molar-refractivity contribution in [2.45, 2.75) is 6.10 Å². The SMILES string of the molecule is COc1cc(C(O)c2ccccc2[N+](=O)[O-])c(Br)cn1. The van der Waals surface area contributed by atoms with Crippen molar-refractivity contribution in [2.24, 2.45) is 0 Å². The highest BCUT2D eigenvalue weighted by Gasteiger charge is 2.23. The van der Waals surface area contributed by atoms with Crippen molar-refractivity contribution in [3.05, 3.63) is 62.2 Å². The fourth-order valence-electron chi connectivity index (χ4n) is 1.81. The Balaban J connectivity index is 2.51. The van der Waals surface area contributed by atoms with E-state index in [9.17, 15) is 15.2 Å². The second kappa shape index (κ2) is 5.98. The van der Waals surface area contributed by atoms with Crippen LogP contribution in [0.15, 0.2) is 41.0 Å². The Kier molecular flexibility index (Phi) is 4.31. The standard InChI is InChI=1S/C13H11BrN2O4/c1-20-12-6-9(10(14)7-15-12)13(17)8-4-2-3-5-11(8)16(18)19/h2-7,13,17H,1H3. The predicted molar refractivity (Wildman–Crippen MR) is 75.6 cm³/mol. The number of nitro groups is 1. The van der Waals surface area contributed by atoms with Crippen LogP contribution < -0.4 is 4.74 Å². The van der Waals surface area contributed by atoms with Crippen molar-refractivity contribution in [3.63, 3.8) is 0 Å². The zero-order valence-electron chi connectivity index (χ0n) is 10.5. The summed E-state index contributed by atoms with van der Waals surface area (Å²) in [6.45, 7) is 0. The van der Waals surface area contributed by atoms with Gasteiger partial charge in [0.1, 0.15) is 6.10 Å². The average Bonchev–Trinajstić information content (AvgIpc) is 2.47. The first-order valence-electron chi connectivity index (χ1n) is 5.65. The van der Waals surface area contributed by atoms with Crippen molar-refractivity contribution in [3.8, 4) is 5.88 Å². The van der Waals surface area contributed by atoms with Crippen molar-refractivity contribution < 1.29 is 14.8 Å². The normalized spacial score (nSPS) is 11.9. The smallest absolute Gasteiger partial charge is 0.275 e. The lowest BCUT2D eigenvalue weighted by atomic mass is 10.0. The summed E-state index contributed by atoms with van der Waals surface area (Å²) < 4.78 is 5.54. The fraction of sp³-hybridized carbons (Fsp3) is 0.154. The van der Waals surface area contributed by atoms with E-state index in [1.54, 1.807) is 12.1 Å². The number of aliphatic hydroxyl groups excluding tert-OH is 1. The largest absolute Gasteiger partial charge is 0.481 e. The van der Waals surface area contributed by atoms with Crippen LogP contribution in [0.25, 0.3) is 0 Å². The van der Waals surface area contributed by atoms with Crippen LogP contribution in [0, 0.1) is 10.1 Å². The first-order chi connectivity index (χ1) is 9.54. The number of nitro benzene ring substituents is 1. The third-order valence-corrected chi connectivity index (χ3v) is 3.45. The highest BCUT2D eigenvalue weighted by Crippen LogP contribution is 2.34. The summed E-state index contributed by atoms with van der Waals surface area (Å²) in [6.07, 6.45) is 0.328. The van der Waals surface area contributed by atoms with Crippen LogP contribution in [-0.2, 0) is 0 Å².